The van der Waals surface area contributed by atoms with Crippen molar-refractivity contribution in [3.8, 4) is 0 Å². The van der Waals surface area contributed by atoms with Crippen LogP contribution in [0.5, 0.6) is 0 Å². The summed E-state index contributed by atoms with van der Waals surface area (Å²) in [4.78, 5) is 16.5. The fourth-order valence-electron chi connectivity index (χ4n) is 2.77. The largest absolute Gasteiger partial charge is 0.347 e. The van der Waals surface area contributed by atoms with E-state index in [1.807, 2.05) is 13.8 Å². The fourth-order valence-corrected chi connectivity index (χ4v) is 2.77. The summed E-state index contributed by atoms with van der Waals surface area (Å²) < 4.78 is 27.3. The predicted octanol–water partition coefficient (Wildman–Crippen LogP) is 3.50. The lowest BCUT2D eigenvalue weighted by molar-refractivity contribution is 0.0904. The molecule has 22 heavy (non-hydrogen) atoms. The van der Waals surface area contributed by atoms with Crippen LogP contribution in [0.2, 0.25) is 0 Å². The van der Waals surface area contributed by atoms with Gasteiger partial charge >= 0.3 is 0 Å². The topological polar surface area (TPSA) is 46.4 Å². The number of amides is 1. The monoisotopic (exact) mass is 307 g/mol. The Bertz CT molecular complexity index is 732. The van der Waals surface area contributed by atoms with Crippen molar-refractivity contribution < 1.29 is 13.6 Å². The molecule has 0 spiro atoms. The lowest BCUT2D eigenvalue weighted by Crippen LogP contribution is -2.45. The van der Waals surface area contributed by atoms with Gasteiger partial charge in [-0.15, -0.1) is 0 Å². The van der Waals surface area contributed by atoms with Gasteiger partial charge in [-0.1, -0.05) is 0 Å². The van der Waals surface area contributed by atoms with Gasteiger partial charge in [0.15, 0.2) is 0 Å². The summed E-state index contributed by atoms with van der Waals surface area (Å²) in [5, 5.41) is 3.00. The summed E-state index contributed by atoms with van der Waals surface area (Å²) in [6, 6.07) is 3.38. The normalized spacial score (nSPS) is 15.5. The highest BCUT2D eigenvalue weighted by Gasteiger charge is 2.39. The molecule has 1 aliphatic carbocycles. The van der Waals surface area contributed by atoms with Gasteiger partial charge in [-0.2, -0.15) is 0 Å². The van der Waals surface area contributed by atoms with E-state index in [2.05, 4.69) is 10.3 Å². The zero-order chi connectivity index (χ0) is 16.1. The number of carbonyl (C=O) groups is 1. The van der Waals surface area contributed by atoms with Crippen molar-refractivity contribution in [3.63, 3.8) is 0 Å². The molecule has 4 nitrogen and oxygen atoms in total. The molecule has 0 radical (unpaired) electrons. The molecule has 2 aromatic rings. The first-order chi connectivity index (χ1) is 10.3. The van der Waals surface area contributed by atoms with Crippen LogP contribution in [0.1, 0.15) is 54.9 Å². The first-order valence-electron chi connectivity index (χ1n) is 7.39. The van der Waals surface area contributed by atoms with Crippen molar-refractivity contribution in [2.75, 3.05) is 0 Å². The number of alkyl halides is 2. The van der Waals surface area contributed by atoms with Gasteiger partial charge in [-0.3, -0.25) is 4.79 Å². The van der Waals surface area contributed by atoms with Crippen LogP contribution < -0.4 is 5.32 Å². The summed E-state index contributed by atoms with van der Waals surface area (Å²) in [7, 11) is 0. The third kappa shape index (κ3) is 2.58. The Morgan fingerprint density at radius 3 is 2.68 bits per heavy atom. The second-order valence-electron chi connectivity index (χ2n) is 6.50. The number of nitrogens with zero attached hydrogens (tertiary/aromatic N) is 2. The minimum absolute atomic E-state index is 0.270. The zero-order valence-corrected chi connectivity index (χ0v) is 12.9. The molecule has 0 aromatic carbocycles. The molecule has 1 aliphatic rings. The van der Waals surface area contributed by atoms with Crippen LogP contribution in [0.3, 0.4) is 0 Å². The van der Waals surface area contributed by atoms with E-state index in [9.17, 15) is 13.6 Å². The number of imidazole rings is 1. The van der Waals surface area contributed by atoms with E-state index in [-0.39, 0.29) is 22.8 Å². The molecule has 0 bridgehead atoms. The molecule has 118 valence electrons. The summed E-state index contributed by atoms with van der Waals surface area (Å²) in [6.45, 7) is 5.77. The molecular weight excluding hydrogens is 288 g/mol. The number of halogens is 2. The molecule has 2 aromatic heterocycles. The molecule has 1 fully saturated rings. The number of fused-ring (bicyclic) bond motifs is 1. The lowest BCUT2D eigenvalue weighted by Gasteiger charge is -2.26. The van der Waals surface area contributed by atoms with Crippen molar-refractivity contribution >= 4 is 11.6 Å². The smallest absolute Gasteiger partial charge is 0.281 e. The number of pyridine rings is 1. The highest BCUT2D eigenvalue weighted by molar-refractivity contribution is 6.00. The highest BCUT2D eigenvalue weighted by Crippen LogP contribution is 2.39. The van der Waals surface area contributed by atoms with E-state index in [4.69, 9.17) is 0 Å². The summed E-state index contributed by atoms with van der Waals surface area (Å²) >= 11 is 0. The molecule has 1 amide bonds. The zero-order valence-electron chi connectivity index (χ0n) is 12.9. The van der Waals surface area contributed by atoms with Crippen LogP contribution in [-0.4, -0.2) is 20.8 Å². The summed E-state index contributed by atoms with van der Waals surface area (Å²) in [6.07, 6.45) is 0.849. The van der Waals surface area contributed by atoms with Crippen molar-refractivity contribution in [2.24, 2.45) is 5.92 Å². The number of hydrogen-bond acceptors (Lipinski definition) is 2. The van der Waals surface area contributed by atoms with Crippen molar-refractivity contribution in [1.82, 2.24) is 14.7 Å². The molecule has 1 saturated carbocycles. The van der Waals surface area contributed by atoms with E-state index in [0.29, 0.717) is 11.5 Å². The van der Waals surface area contributed by atoms with E-state index in [1.165, 1.54) is 6.20 Å². The second kappa shape index (κ2) is 5.04. The first kappa shape index (κ1) is 14.9. The molecule has 3 rings (SSSR count). The van der Waals surface area contributed by atoms with Crippen molar-refractivity contribution in [2.45, 2.75) is 45.6 Å². The molecular formula is C16H19F2N3O. The maximum Gasteiger partial charge on any atom is 0.281 e. The van der Waals surface area contributed by atoms with Crippen LogP contribution in [-0.2, 0) is 0 Å². The molecule has 0 aliphatic heterocycles. The lowest BCUT2D eigenvalue weighted by atomic mass is 9.98. The quantitative estimate of drug-likeness (QED) is 0.939. The maximum absolute atomic E-state index is 12.9. The maximum atomic E-state index is 12.9. The Hall–Kier alpha value is -1.98. The highest BCUT2D eigenvalue weighted by atomic mass is 19.3. The van der Waals surface area contributed by atoms with Crippen LogP contribution >= 0.6 is 0 Å². The number of aromatic nitrogens is 2. The van der Waals surface area contributed by atoms with Gasteiger partial charge in [0.2, 0.25) is 0 Å². The number of carbonyl (C=O) groups excluding carboxylic acids is 1. The fraction of sp³-hybridized carbons (Fsp3) is 0.500. The third-order valence-electron chi connectivity index (χ3n) is 4.34. The van der Waals surface area contributed by atoms with Gasteiger partial charge in [0, 0.05) is 17.4 Å². The molecule has 2 heterocycles. The Balaban J connectivity index is 1.99. The Morgan fingerprint density at radius 1 is 1.41 bits per heavy atom. The van der Waals surface area contributed by atoms with Crippen molar-refractivity contribution in [3.05, 3.63) is 35.3 Å². The third-order valence-corrected chi connectivity index (χ3v) is 4.34. The van der Waals surface area contributed by atoms with Gasteiger partial charge in [0.25, 0.3) is 12.3 Å². The number of hydrogen-bond donors (Lipinski definition) is 1. The van der Waals surface area contributed by atoms with E-state index in [1.54, 1.807) is 23.5 Å². The predicted molar refractivity (Wildman–Crippen MR) is 79.2 cm³/mol. The van der Waals surface area contributed by atoms with Gasteiger partial charge < -0.3 is 9.72 Å². The Morgan fingerprint density at radius 2 is 2.09 bits per heavy atom. The average Bonchev–Trinajstić information content (AvgIpc) is 3.18. The first-order valence-corrected chi connectivity index (χ1v) is 7.39. The Labute approximate surface area is 127 Å². The molecule has 0 unspecified atom stereocenters. The minimum atomic E-state index is -2.65. The standard InChI is InChI=1S/C16H19F2N3O/c1-9-4-7-11(14-19-12(13(17)18)8-21(9)14)15(22)20-16(2,3)10-5-6-10/h4,7-8,10,13H,5-6H2,1-3H3,(H,20,22). The van der Waals surface area contributed by atoms with E-state index < -0.39 is 6.43 Å². The van der Waals surface area contributed by atoms with Gasteiger partial charge in [0.05, 0.1) is 5.56 Å². The average molecular weight is 307 g/mol. The molecule has 0 atom stereocenters. The molecule has 1 N–H and O–H groups in total. The second-order valence-corrected chi connectivity index (χ2v) is 6.50. The Kier molecular flexibility index (Phi) is 3.42. The van der Waals surface area contributed by atoms with Crippen LogP contribution in [0.25, 0.3) is 5.65 Å². The van der Waals surface area contributed by atoms with Crippen LogP contribution in [0, 0.1) is 12.8 Å². The summed E-state index contributed by atoms with van der Waals surface area (Å²) in [5.74, 6) is 0.211. The van der Waals surface area contributed by atoms with Crippen LogP contribution in [0.4, 0.5) is 8.78 Å². The van der Waals surface area contributed by atoms with Crippen molar-refractivity contribution in [1.29, 1.82) is 0 Å². The van der Waals surface area contributed by atoms with Gasteiger partial charge in [-0.25, -0.2) is 13.8 Å². The van der Waals surface area contributed by atoms with E-state index >= 15 is 0 Å². The molecule has 6 heteroatoms. The minimum Gasteiger partial charge on any atom is -0.347 e. The number of aryl methyl sites for hydroxylation is 1. The molecule has 0 saturated heterocycles. The summed E-state index contributed by atoms with van der Waals surface area (Å²) in [5.41, 5.74) is 0.750. The number of rotatable bonds is 4. The van der Waals surface area contributed by atoms with E-state index in [0.717, 1.165) is 18.5 Å². The van der Waals surface area contributed by atoms with Crippen LogP contribution in [0.15, 0.2) is 18.3 Å². The SMILES string of the molecule is Cc1ccc(C(=O)NC(C)(C)C2CC2)c2nc(C(F)F)cn12. The number of nitrogens with one attached hydrogen (secondary N) is 1. The van der Waals surface area contributed by atoms with Gasteiger partial charge in [0.1, 0.15) is 11.3 Å². The van der Waals surface area contributed by atoms with Gasteiger partial charge in [-0.05, 0) is 51.7 Å².